The Labute approximate surface area is 157 Å². The second-order valence-corrected chi connectivity index (χ2v) is 8.30. The maximum absolute atomic E-state index is 11.7. The molecule has 1 saturated carbocycles. The lowest BCUT2D eigenvalue weighted by molar-refractivity contribution is -0.143. The molecule has 0 saturated heterocycles. The van der Waals surface area contributed by atoms with Gasteiger partial charge in [0.25, 0.3) is 0 Å². The summed E-state index contributed by atoms with van der Waals surface area (Å²) in [5.41, 5.74) is 2.65. The van der Waals surface area contributed by atoms with Gasteiger partial charge in [-0.3, -0.25) is 9.79 Å². The van der Waals surface area contributed by atoms with Gasteiger partial charge in [-0.15, -0.1) is 0 Å². The minimum absolute atomic E-state index is 0.0306. The maximum atomic E-state index is 11.7. The lowest BCUT2D eigenvalue weighted by atomic mass is 9.81. The van der Waals surface area contributed by atoms with Crippen LogP contribution in [0.3, 0.4) is 0 Å². The third kappa shape index (κ3) is 4.63. The van der Waals surface area contributed by atoms with E-state index in [0.29, 0.717) is 11.8 Å². The number of carbonyl (C=O) groups excluding carboxylic acids is 1. The fourth-order valence-electron chi connectivity index (χ4n) is 4.08. The van der Waals surface area contributed by atoms with Gasteiger partial charge < -0.3 is 4.74 Å². The quantitative estimate of drug-likeness (QED) is 0.631. The average Bonchev–Trinajstić information content (AvgIpc) is 3.37. The molecule has 0 heterocycles. The van der Waals surface area contributed by atoms with Crippen LogP contribution in [0.15, 0.2) is 47.5 Å². The number of hydrogen-bond acceptors (Lipinski definition) is 3. The first-order chi connectivity index (χ1) is 12.5. The Kier molecular flexibility index (Phi) is 5.95. The number of ether oxygens (including phenoxy) is 1. The Bertz CT molecular complexity index is 679. The highest BCUT2D eigenvalue weighted by molar-refractivity contribution is 5.95. The van der Waals surface area contributed by atoms with Crippen molar-refractivity contribution in [2.45, 2.75) is 52.5 Å². The molecule has 0 aromatic heterocycles. The van der Waals surface area contributed by atoms with Crippen LogP contribution in [0.1, 0.15) is 51.5 Å². The van der Waals surface area contributed by atoms with Crippen LogP contribution in [0.5, 0.6) is 0 Å². The standard InChI is InChI=1S/C23H31NO2/c1-17(13-14-23(2)15-21(23)22(25)26-3)19-9-11-20(12-10-19)24-16-18-7-5-4-6-8-18/h4-9,11,17,19,21H,10,12-16H2,1-3H3. The summed E-state index contributed by atoms with van der Waals surface area (Å²) in [5, 5.41) is 0. The van der Waals surface area contributed by atoms with Gasteiger partial charge >= 0.3 is 5.97 Å². The molecule has 0 bridgehead atoms. The van der Waals surface area contributed by atoms with Crippen LogP contribution in [0.25, 0.3) is 0 Å². The van der Waals surface area contributed by atoms with E-state index in [9.17, 15) is 4.79 Å². The van der Waals surface area contributed by atoms with Crippen molar-refractivity contribution < 1.29 is 9.53 Å². The summed E-state index contributed by atoms with van der Waals surface area (Å²) in [7, 11) is 1.49. The van der Waals surface area contributed by atoms with Gasteiger partial charge in [0.05, 0.1) is 19.6 Å². The van der Waals surface area contributed by atoms with E-state index in [2.05, 4.69) is 50.3 Å². The van der Waals surface area contributed by atoms with Gasteiger partial charge in [0, 0.05) is 5.71 Å². The predicted octanol–water partition coefficient (Wildman–Crippen LogP) is 5.21. The average molecular weight is 354 g/mol. The zero-order valence-corrected chi connectivity index (χ0v) is 16.3. The first kappa shape index (κ1) is 18.9. The molecule has 26 heavy (non-hydrogen) atoms. The van der Waals surface area contributed by atoms with Crippen LogP contribution in [0.2, 0.25) is 0 Å². The Morgan fingerprint density at radius 3 is 2.77 bits per heavy atom. The molecular weight excluding hydrogens is 322 g/mol. The van der Waals surface area contributed by atoms with Crippen LogP contribution < -0.4 is 0 Å². The molecule has 1 aromatic carbocycles. The maximum Gasteiger partial charge on any atom is 0.309 e. The summed E-state index contributed by atoms with van der Waals surface area (Å²) in [6.07, 6.45) is 10.1. The Balaban J connectivity index is 1.45. The SMILES string of the molecule is COC(=O)C1CC1(C)CCC(C)C1C=CC(=NCc2ccccc2)CC1. The molecule has 3 nitrogen and oxygen atoms in total. The highest BCUT2D eigenvalue weighted by Gasteiger charge is 2.54. The van der Waals surface area contributed by atoms with Gasteiger partial charge in [-0.2, -0.15) is 0 Å². The van der Waals surface area contributed by atoms with Crippen molar-refractivity contribution in [2.75, 3.05) is 7.11 Å². The van der Waals surface area contributed by atoms with Crippen molar-refractivity contribution in [3.05, 3.63) is 48.0 Å². The zero-order chi connectivity index (χ0) is 18.6. The van der Waals surface area contributed by atoms with E-state index in [4.69, 9.17) is 9.73 Å². The fraction of sp³-hybridized carbons (Fsp3) is 0.565. The lowest BCUT2D eigenvalue weighted by Gasteiger charge is -2.25. The van der Waals surface area contributed by atoms with Crippen molar-refractivity contribution >= 4 is 11.7 Å². The molecule has 140 valence electrons. The van der Waals surface area contributed by atoms with Crippen LogP contribution in [0, 0.1) is 23.2 Å². The minimum Gasteiger partial charge on any atom is -0.469 e. The first-order valence-electron chi connectivity index (χ1n) is 9.85. The summed E-state index contributed by atoms with van der Waals surface area (Å²) in [6.45, 7) is 5.35. The second kappa shape index (κ2) is 8.20. The minimum atomic E-state index is -0.0306. The molecule has 1 aromatic rings. The van der Waals surface area contributed by atoms with Gasteiger partial charge in [0.15, 0.2) is 0 Å². The lowest BCUT2D eigenvalue weighted by Crippen LogP contribution is -2.17. The highest BCUT2D eigenvalue weighted by atomic mass is 16.5. The van der Waals surface area contributed by atoms with Crippen molar-refractivity contribution in [1.29, 1.82) is 0 Å². The van der Waals surface area contributed by atoms with E-state index in [0.717, 1.165) is 25.8 Å². The van der Waals surface area contributed by atoms with E-state index in [1.54, 1.807) is 0 Å². The van der Waals surface area contributed by atoms with Gasteiger partial charge in [0.2, 0.25) is 0 Å². The molecule has 4 atom stereocenters. The Morgan fingerprint density at radius 1 is 1.35 bits per heavy atom. The van der Waals surface area contributed by atoms with E-state index >= 15 is 0 Å². The monoisotopic (exact) mass is 353 g/mol. The molecule has 2 aliphatic carbocycles. The van der Waals surface area contributed by atoms with E-state index in [-0.39, 0.29) is 17.3 Å². The number of aliphatic imine (C=N–C) groups is 1. The molecular formula is C23H31NO2. The van der Waals surface area contributed by atoms with Crippen LogP contribution in [-0.4, -0.2) is 18.8 Å². The third-order valence-electron chi connectivity index (χ3n) is 6.32. The summed E-state index contributed by atoms with van der Waals surface area (Å²) in [4.78, 5) is 16.4. The number of allylic oxidation sites excluding steroid dienone is 2. The first-order valence-corrected chi connectivity index (χ1v) is 9.85. The number of methoxy groups -OCH3 is 1. The third-order valence-corrected chi connectivity index (χ3v) is 6.32. The van der Waals surface area contributed by atoms with Crippen molar-refractivity contribution in [2.24, 2.45) is 28.2 Å². The van der Waals surface area contributed by atoms with Crippen molar-refractivity contribution in [3.63, 3.8) is 0 Å². The molecule has 2 aliphatic rings. The molecule has 3 rings (SSSR count). The van der Waals surface area contributed by atoms with E-state index in [1.807, 2.05) is 6.07 Å². The topological polar surface area (TPSA) is 38.7 Å². The predicted molar refractivity (Wildman–Crippen MR) is 106 cm³/mol. The largest absolute Gasteiger partial charge is 0.469 e. The van der Waals surface area contributed by atoms with Crippen LogP contribution in [-0.2, 0) is 16.1 Å². The molecule has 3 heteroatoms. The number of benzene rings is 1. The molecule has 0 amide bonds. The second-order valence-electron chi connectivity index (χ2n) is 8.30. The van der Waals surface area contributed by atoms with E-state index in [1.165, 1.54) is 31.2 Å². The number of nitrogens with zero attached hydrogens (tertiary/aromatic N) is 1. The Morgan fingerprint density at radius 2 is 2.12 bits per heavy atom. The molecule has 1 fully saturated rings. The van der Waals surface area contributed by atoms with Gasteiger partial charge in [-0.1, -0.05) is 50.3 Å². The molecule has 0 aliphatic heterocycles. The molecule has 4 unspecified atom stereocenters. The van der Waals surface area contributed by atoms with Gasteiger partial charge in [-0.25, -0.2) is 0 Å². The smallest absolute Gasteiger partial charge is 0.309 e. The fourth-order valence-corrected chi connectivity index (χ4v) is 4.08. The van der Waals surface area contributed by atoms with Gasteiger partial charge in [-0.05, 0) is 61.0 Å². The molecule has 0 N–H and O–H groups in total. The molecule has 0 radical (unpaired) electrons. The Hall–Kier alpha value is -1.90. The summed E-state index contributed by atoms with van der Waals surface area (Å²) in [5.74, 6) is 1.37. The van der Waals surface area contributed by atoms with Crippen molar-refractivity contribution in [1.82, 2.24) is 0 Å². The zero-order valence-electron chi connectivity index (χ0n) is 16.3. The van der Waals surface area contributed by atoms with Gasteiger partial charge in [0.1, 0.15) is 0 Å². The highest BCUT2D eigenvalue weighted by Crippen LogP contribution is 2.56. The summed E-state index contributed by atoms with van der Waals surface area (Å²) < 4.78 is 4.90. The number of rotatable bonds is 7. The number of carbonyl (C=O) groups is 1. The summed E-state index contributed by atoms with van der Waals surface area (Å²) in [6, 6.07) is 10.4. The summed E-state index contributed by atoms with van der Waals surface area (Å²) >= 11 is 0. The number of esters is 1. The van der Waals surface area contributed by atoms with Crippen molar-refractivity contribution in [3.8, 4) is 0 Å². The van der Waals surface area contributed by atoms with Crippen LogP contribution >= 0.6 is 0 Å². The van der Waals surface area contributed by atoms with E-state index < -0.39 is 0 Å². The normalized spacial score (nSPS) is 30.2. The molecule has 0 spiro atoms. The number of hydrogen-bond donors (Lipinski definition) is 0. The van der Waals surface area contributed by atoms with Crippen LogP contribution in [0.4, 0.5) is 0 Å².